The molecule has 0 radical (unpaired) electrons. The zero-order valence-corrected chi connectivity index (χ0v) is 12.8. The molecule has 1 fully saturated rings. The zero-order chi connectivity index (χ0) is 15.4. The molecule has 1 saturated heterocycles. The number of nitrogens with zero attached hydrogens (tertiary/aromatic N) is 3. The van der Waals surface area contributed by atoms with Gasteiger partial charge in [0.2, 0.25) is 0 Å². The van der Waals surface area contributed by atoms with Crippen molar-refractivity contribution in [2.24, 2.45) is 0 Å². The monoisotopic (exact) mass is 290 g/mol. The first-order valence-electron chi connectivity index (χ1n) is 7.22. The van der Waals surface area contributed by atoms with E-state index in [1.807, 2.05) is 20.9 Å². The number of hydrogen-bond donors (Lipinski definition) is 1. The van der Waals surface area contributed by atoms with Gasteiger partial charge in [-0.15, -0.1) is 0 Å². The molecule has 2 heterocycles. The van der Waals surface area contributed by atoms with E-state index in [1.165, 1.54) is 6.20 Å². The summed E-state index contributed by atoms with van der Waals surface area (Å²) >= 11 is 0. The van der Waals surface area contributed by atoms with Gasteiger partial charge in [-0.1, -0.05) is 0 Å². The molecular weight excluding hydrogens is 268 g/mol. The highest BCUT2D eigenvalue weighted by atomic mass is 16.2. The highest BCUT2D eigenvalue weighted by Crippen LogP contribution is 2.08. The fourth-order valence-electron chi connectivity index (χ4n) is 2.21. The molecule has 2 amide bonds. The molecule has 0 atom stereocenters. The van der Waals surface area contributed by atoms with E-state index < -0.39 is 0 Å². The van der Waals surface area contributed by atoms with Crippen molar-refractivity contribution in [2.75, 3.05) is 33.2 Å². The van der Waals surface area contributed by atoms with Gasteiger partial charge in [0, 0.05) is 44.0 Å². The molecule has 2 rings (SSSR count). The molecule has 0 aromatic carbocycles. The van der Waals surface area contributed by atoms with Gasteiger partial charge in [-0.3, -0.25) is 14.6 Å². The lowest BCUT2D eigenvalue weighted by atomic mass is 10.2. The Hall–Kier alpha value is -1.95. The second kappa shape index (κ2) is 6.67. The molecule has 114 valence electrons. The first-order valence-corrected chi connectivity index (χ1v) is 7.22. The molecule has 0 bridgehead atoms. The minimum Gasteiger partial charge on any atom is -0.350 e. The topological polar surface area (TPSA) is 65.5 Å². The molecule has 6 nitrogen and oxygen atoms in total. The maximum atomic E-state index is 12.4. The SMILES string of the molecule is CC(C)NC(=O)c1ccnc(C(=O)N2CCN(C)CC2)c1. The molecule has 1 aliphatic rings. The van der Waals surface area contributed by atoms with Crippen LogP contribution in [-0.4, -0.2) is 65.9 Å². The van der Waals surface area contributed by atoms with Gasteiger partial charge in [0.05, 0.1) is 0 Å². The Bertz CT molecular complexity index is 522. The Balaban J connectivity index is 2.09. The van der Waals surface area contributed by atoms with Crippen LogP contribution < -0.4 is 5.32 Å². The average molecular weight is 290 g/mol. The van der Waals surface area contributed by atoms with Crippen molar-refractivity contribution in [3.05, 3.63) is 29.6 Å². The minimum atomic E-state index is -0.181. The number of hydrogen-bond acceptors (Lipinski definition) is 4. The number of nitrogens with one attached hydrogen (secondary N) is 1. The van der Waals surface area contributed by atoms with E-state index in [0.29, 0.717) is 24.3 Å². The average Bonchev–Trinajstić information content (AvgIpc) is 2.47. The Kier molecular flexibility index (Phi) is 4.90. The van der Waals surface area contributed by atoms with Crippen molar-refractivity contribution in [2.45, 2.75) is 19.9 Å². The fourth-order valence-corrected chi connectivity index (χ4v) is 2.21. The van der Waals surface area contributed by atoms with E-state index in [4.69, 9.17) is 0 Å². The predicted molar refractivity (Wildman–Crippen MR) is 80.2 cm³/mol. The molecule has 1 N–H and O–H groups in total. The van der Waals surface area contributed by atoms with Crippen molar-refractivity contribution in [1.82, 2.24) is 20.1 Å². The van der Waals surface area contributed by atoms with E-state index in [2.05, 4.69) is 15.2 Å². The molecule has 0 spiro atoms. The third-order valence-electron chi connectivity index (χ3n) is 3.45. The number of piperazine rings is 1. The summed E-state index contributed by atoms with van der Waals surface area (Å²) in [5.41, 5.74) is 0.798. The van der Waals surface area contributed by atoms with E-state index in [-0.39, 0.29) is 17.9 Å². The molecule has 21 heavy (non-hydrogen) atoms. The van der Waals surface area contributed by atoms with Crippen molar-refractivity contribution in [3.8, 4) is 0 Å². The first-order chi connectivity index (χ1) is 9.97. The van der Waals surface area contributed by atoms with E-state index >= 15 is 0 Å². The van der Waals surface area contributed by atoms with Gasteiger partial charge in [-0.2, -0.15) is 0 Å². The summed E-state index contributed by atoms with van der Waals surface area (Å²) in [7, 11) is 2.04. The number of amides is 2. The van der Waals surface area contributed by atoms with Gasteiger partial charge < -0.3 is 15.1 Å². The summed E-state index contributed by atoms with van der Waals surface area (Å²) in [4.78, 5) is 32.5. The molecule has 0 saturated carbocycles. The summed E-state index contributed by atoms with van der Waals surface area (Å²) in [6.45, 7) is 6.90. The Morgan fingerprint density at radius 2 is 1.90 bits per heavy atom. The lowest BCUT2D eigenvalue weighted by Crippen LogP contribution is -2.47. The van der Waals surface area contributed by atoms with Gasteiger partial charge in [-0.05, 0) is 33.0 Å². The normalized spacial score (nSPS) is 16.1. The second-order valence-corrected chi connectivity index (χ2v) is 5.65. The second-order valence-electron chi connectivity index (χ2n) is 5.65. The molecule has 6 heteroatoms. The van der Waals surface area contributed by atoms with Gasteiger partial charge in [0.25, 0.3) is 11.8 Å². The predicted octanol–water partition coefficient (Wildman–Crippen LogP) is 0.607. The van der Waals surface area contributed by atoms with Crippen LogP contribution in [0.3, 0.4) is 0 Å². The van der Waals surface area contributed by atoms with Gasteiger partial charge in [0.1, 0.15) is 5.69 Å². The number of carbonyl (C=O) groups is 2. The zero-order valence-electron chi connectivity index (χ0n) is 12.8. The molecule has 1 aromatic heterocycles. The largest absolute Gasteiger partial charge is 0.350 e. The summed E-state index contributed by atoms with van der Waals surface area (Å²) < 4.78 is 0. The Morgan fingerprint density at radius 1 is 1.24 bits per heavy atom. The Morgan fingerprint density at radius 3 is 2.52 bits per heavy atom. The number of pyridine rings is 1. The van der Waals surface area contributed by atoms with Crippen molar-refractivity contribution in [1.29, 1.82) is 0 Å². The van der Waals surface area contributed by atoms with Crippen LogP contribution in [0.5, 0.6) is 0 Å². The van der Waals surface area contributed by atoms with Crippen LogP contribution in [-0.2, 0) is 0 Å². The first kappa shape index (κ1) is 15.4. The van der Waals surface area contributed by atoms with E-state index in [9.17, 15) is 9.59 Å². The van der Waals surface area contributed by atoms with Crippen molar-refractivity contribution in [3.63, 3.8) is 0 Å². The lowest BCUT2D eigenvalue weighted by molar-refractivity contribution is 0.0658. The summed E-state index contributed by atoms with van der Waals surface area (Å²) in [5.74, 6) is -0.290. The number of carbonyl (C=O) groups excluding carboxylic acids is 2. The Labute approximate surface area is 125 Å². The van der Waals surface area contributed by atoms with Crippen LogP contribution in [0, 0.1) is 0 Å². The minimum absolute atomic E-state index is 0.0578. The van der Waals surface area contributed by atoms with Crippen LogP contribution in [0.1, 0.15) is 34.7 Å². The van der Waals surface area contributed by atoms with E-state index in [1.54, 1.807) is 17.0 Å². The van der Waals surface area contributed by atoms with Crippen LogP contribution in [0.2, 0.25) is 0 Å². The molecule has 1 aliphatic heterocycles. The van der Waals surface area contributed by atoms with Crippen LogP contribution in [0.4, 0.5) is 0 Å². The number of aromatic nitrogens is 1. The van der Waals surface area contributed by atoms with Crippen LogP contribution >= 0.6 is 0 Å². The molecule has 1 aromatic rings. The quantitative estimate of drug-likeness (QED) is 0.885. The highest BCUT2D eigenvalue weighted by Gasteiger charge is 2.22. The van der Waals surface area contributed by atoms with Crippen LogP contribution in [0.15, 0.2) is 18.3 Å². The molecule has 0 unspecified atom stereocenters. The number of rotatable bonds is 3. The van der Waals surface area contributed by atoms with Crippen molar-refractivity contribution < 1.29 is 9.59 Å². The fraction of sp³-hybridized carbons (Fsp3) is 0.533. The van der Waals surface area contributed by atoms with Gasteiger partial charge in [-0.25, -0.2) is 0 Å². The smallest absolute Gasteiger partial charge is 0.272 e. The van der Waals surface area contributed by atoms with Gasteiger partial charge >= 0.3 is 0 Å². The summed E-state index contributed by atoms with van der Waals surface area (Å²) in [5, 5.41) is 2.81. The maximum Gasteiger partial charge on any atom is 0.272 e. The molecule has 0 aliphatic carbocycles. The highest BCUT2D eigenvalue weighted by molar-refractivity contribution is 5.98. The van der Waals surface area contributed by atoms with Crippen LogP contribution in [0.25, 0.3) is 0 Å². The third kappa shape index (κ3) is 4.01. The van der Waals surface area contributed by atoms with Crippen molar-refractivity contribution >= 4 is 11.8 Å². The molecular formula is C15H22N4O2. The van der Waals surface area contributed by atoms with Gasteiger partial charge in [0.15, 0.2) is 0 Å². The maximum absolute atomic E-state index is 12.4. The number of likely N-dealkylation sites (N-methyl/N-ethyl adjacent to an activating group) is 1. The standard InChI is InChI=1S/C15H22N4O2/c1-11(2)17-14(20)12-4-5-16-13(10-12)15(21)19-8-6-18(3)7-9-19/h4-5,10-11H,6-9H2,1-3H3,(H,17,20). The summed E-state index contributed by atoms with van der Waals surface area (Å²) in [6, 6.07) is 3.25. The third-order valence-corrected chi connectivity index (χ3v) is 3.45. The lowest BCUT2D eigenvalue weighted by Gasteiger charge is -2.32. The summed E-state index contributed by atoms with van der Waals surface area (Å²) in [6.07, 6.45) is 1.51. The van der Waals surface area contributed by atoms with E-state index in [0.717, 1.165) is 13.1 Å².